The molecule has 0 aliphatic carbocycles. The number of ether oxygens (including phenoxy) is 1. The van der Waals surface area contributed by atoms with E-state index in [0.717, 1.165) is 24.3 Å². The van der Waals surface area contributed by atoms with E-state index in [9.17, 15) is 8.42 Å². The minimum atomic E-state index is -3.16. The number of benzene rings is 1. The number of likely N-dealkylation sites (tertiary alicyclic amines) is 1. The first-order valence-corrected chi connectivity index (χ1v) is 11.9. The van der Waals surface area contributed by atoms with Crippen LogP contribution < -0.4 is 4.74 Å². The first kappa shape index (κ1) is 20.3. The average Bonchev–Trinajstić information content (AvgIpc) is 3.21. The van der Waals surface area contributed by atoms with Crippen LogP contribution in [0.4, 0.5) is 0 Å². The van der Waals surface area contributed by atoms with Gasteiger partial charge < -0.3 is 14.2 Å². The third-order valence-electron chi connectivity index (χ3n) is 6.24. The van der Waals surface area contributed by atoms with E-state index < -0.39 is 14.6 Å². The SMILES string of the molecule is COc1ccc(Cc2noc(C3CCS(=O)(=O)C34CN(CCC(C)C)C4)n2)cc1. The summed E-state index contributed by atoms with van der Waals surface area (Å²) in [6.07, 6.45) is 2.18. The van der Waals surface area contributed by atoms with E-state index >= 15 is 0 Å². The van der Waals surface area contributed by atoms with Crippen molar-refractivity contribution in [2.75, 3.05) is 32.5 Å². The van der Waals surface area contributed by atoms with Crippen LogP contribution in [0.5, 0.6) is 5.75 Å². The number of aromatic nitrogens is 2. The lowest BCUT2D eigenvalue weighted by atomic mass is 9.83. The molecule has 29 heavy (non-hydrogen) atoms. The maximum absolute atomic E-state index is 12.9. The summed E-state index contributed by atoms with van der Waals surface area (Å²) in [7, 11) is -1.52. The molecule has 2 aliphatic rings. The van der Waals surface area contributed by atoms with E-state index in [1.807, 2.05) is 24.3 Å². The molecule has 0 radical (unpaired) electrons. The first-order valence-electron chi connectivity index (χ1n) is 10.2. The molecule has 2 aliphatic heterocycles. The second-order valence-electron chi connectivity index (χ2n) is 8.69. The van der Waals surface area contributed by atoms with Gasteiger partial charge in [0.25, 0.3) is 0 Å². The Morgan fingerprint density at radius 1 is 1.28 bits per heavy atom. The molecule has 1 unspecified atom stereocenters. The summed E-state index contributed by atoms with van der Waals surface area (Å²) in [5.41, 5.74) is 1.05. The highest BCUT2D eigenvalue weighted by atomic mass is 32.2. The van der Waals surface area contributed by atoms with Gasteiger partial charge in [0.15, 0.2) is 15.7 Å². The molecule has 0 bridgehead atoms. The van der Waals surface area contributed by atoms with Crippen LogP contribution >= 0.6 is 0 Å². The van der Waals surface area contributed by atoms with Crippen LogP contribution in [0.25, 0.3) is 0 Å². The van der Waals surface area contributed by atoms with Gasteiger partial charge in [-0.05, 0) is 43.0 Å². The molecule has 1 aromatic heterocycles. The van der Waals surface area contributed by atoms with Crippen molar-refractivity contribution >= 4 is 9.84 Å². The van der Waals surface area contributed by atoms with Crippen molar-refractivity contribution in [2.24, 2.45) is 5.92 Å². The number of sulfone groups is 1. The molecule has 2 saturated heterocycles. The summed E-state index contributed by atoms with van der Waals surface area (Å²) in [4.78, 5) is 6.82. The first-order chi connectivity index (χ1) is 13.8. The Morgan fingerprint density at radius 2 is 2.00 bits per heavy atom. The minimum absolute atomic E-state index is 0.200. The molecule has 4 rings (SSSR count). The maximum Gasteiger partial charge on any atom is 0.231 e. The highest BCUT2D eigenvalue weighted by Crippen LogP contribution is 2.49. The molecule has 2 aromatic rings. The lowest BCUT2D eigenvalue weighted by molar-refractivity contribution is 0.0923. The molecular weight excluding hydrogens is 390 g/mol. The van der Waals surface area contributed by atoms with E-state index in [0.29, 0.717) is 43.6 Å². The fourth-order valence-corrected chi connectivity index (χ4v) is 6.80. The minimum Gasteiger partial charge on any atom is -0.497 e. The third kappa shape index (κ3) is 3.80. The van der Waals surface area contributed by atoms with Crippen molar-refractivity contribution in [2.45, 2.75) is 43.8 Å². The predicted octanol–water partition coefficient (Wildman–Crippen LogP) is 2.67. The zero-order chi connectivity index (χ0) is 20.6. The zero-order valence-electron chi connectivity index (χ0n) is 17.3. The van der Waals surface area contributed by atoms with E-state index in [-0.39, 0.29) is 11.7 Å². The highest BCUT2D eigenvalue weighted by molar-refractivity contribution is 7.93. The molecule has 7 nitrogen and oxygen atoms in total. The second-order valence-corrected chi connectivity index (χ2v) is 11.1. The van der Waals surface area contributed by atoms with Crippen molar-refractivity contribution in [3.8, 4) is 5.75 Å². The number of rotatable bonds is 7. The van der Waals surface area contributed by atoms with Crippen LogP contribution in [0.3, 0.4) is 0 Å². The Hall–Kier alpha value is -1.93. The van der Waals surface area contributed by atoms with Gasteiger partial charge in [-0.15, -0.1) is 0 Å². The lowest BCUT2D eigenvalue weighted by Crippen LogP contribution is -2.66. The van der Waals surface area contributed by atoms with Crippen molar-refractivity contribution in [1.82, 2.24) is 15.0 Å². The Bertz CT molecular complexity index is 947. The van der Waals surface area contributed by atoms with Gasteiger partial charge in [0.2, 0.25) is 5.89 Å². The summed E-state index contributed by atoms with van der Waals surface area (Å²) in [5, 5.41) is 4.12. The van der Waals surface area contributed by atoms with Gasteiger partial charge >= 0.3 is 0 Å². The van der Waals surface area contributed by atoms with Crippen LogP contribution in [0.1, 0.15) is 49.9 Å². The molecule has 1 atom stereocenters. The van der Waals surface area contributed by atoms with Crippen LogP contribution in [0, 0.1) is 5.92 Å². The molecule has 3 heterocycles. The Balaban J connectivity index is 1.48. The van der Waals surface area contributed by atoms with Gasteiger partial charge in [-0.1, -0.05) is 31.1 Å². The molecule has 8 heteroatoms. The van der Waals surface area contributed by atoms with E-state index in [2.05, 4.69) is 28.9 Å². The molecule has 0 N–H and O–H groups in total. The quantitative estimate of drug-likeness (QED) is 0.682. The van der Waals surface area contributed by atoms with Crippen LogP contribution in [-0.2, 0) is 16.3 Å². The van der Waals surface area contributed by atoms with Crippen LogP contribution in [0.15, 0.2) is 28.8 Å². The Kier molecular flexibility index (Phi) is 5.42. The monoisotopic (exact) mass is 419 g/mol. The maximum atomic E-state index is 12.9. The van der Waals surface area contributed by atoms with Gasteiger partial charge in [0, 0.05) is 19.5 Å². The molecular formula is C21H29N3O4S. The van der Waals surface area contributed by atoms with E-state index in [1.54, 1.807) is 7.11 Å². The van der Waals surface area contributed by atoms with Crippen molar-refractivity contribution in [3.05, 3.63) is 41.5 Å². The van der Waals surface area contributed by atoms with Crippen molar-refractivity contribution < 1.29 is 17.7 Å². The smallest absolute Gasteiger partial charge is 0.231 e. The number of nitrogens with zero attached hydrogens (tertiary/aromatic N) is 3. The van der Waals surface area contributed by atoms with Crippen LogP contribution in [0.2, 0.25) is 0 Å². The van der Waals surface area contributed by atoms with E-state index in [4.69, 9.17) is 9.26 Å². The Labute approximate surface area is 172 Å². The standard InChI is InChI=1S/C21H29N3O4S/c1-15(2)8-10-24-13-21(14-24)18(9-11-29(21,25)26)20-22-19(23-28-20)12-16-4-6-17(27-3)7-5-16/h4-7,15,18H,8-14H2,1-3H3. The zero-order valence-corrected chi connectivity index (χ0v) is 18.1. The largest absolute Gasteiger partial charge is 0.497 e. The van der Waals surface area contributed by atoms with Crippen LogP contribution in [-0.4, -0.2) is 60.7 Å². The lowest BCUT2D eigenvalue weighted by Gasteiger charge is -2.49. The van der Waals surface area contributed by atoms with Gasteiger partial charge in [-0.25, -0.2) is 8.42 Å². The predicted molar refractivity (Wildman–Crippen MR) is 110 cm³/mol. The normalized spacial score (nSPS) is 22.8. The molecule has 1 aromatic carbocycles. The molecule has 158 valence electrons. The Morgan fingerprint density at radius 3 is 2.66 bits per heavy atom. The molecule has 0 saturated carbocycles. The summed E-state index contributed by atoms with van der Waals surface area (Å²) in [6.45, 7) is 6.46. The topological polar surface area (TPSA) is 85.5 Å². The number of hydrogen-bond donors (Lipinski definition) is 0. The molecule has 1 spiro atoms. The summed E-state index contributed by atoms with van der Waals surface area (Å²) >= 11 is 0. The van der Waals surface area contributed by atoms with E-state index in [1.165, 1.54) is 0 Å². The van der Waals surface area contributed by atoms with Gasteiger partial charge in [-0.3, -0.25) is 0 Å². The highest BCUT2D eigenvalue weighted by Gasteiger charge is 2.63. The summed E-state index contributed by atoms with van der Waals surface area (Å²) in [5.74, 6) is 2.46. The van der Waals surface area contributed by atoms with Gasteiger partial charge in [0.1, 0.15) is 10.5 Å². The fraction of sp³-hybridized carbons (Fsp3) is 0.619. The second kappa shape index (κ2) is 7.72. The third-order valence-corrected chi connectivity index (χ3v) is 8.79. The average molecular weight is 420 g/mol. The van der Waals surface area contributed by atoms with Gasteiger partial charge in [-0.2, -0.15) is 4.98 Å². The summed E-state index contributed by atoms with van der Waals surface area (Å²) in [6, 6.07) is 7.73. The van der Waals surface area contributed by atoms with Crippen molar-refractivity contribution in [1.29, 1.82) is 0 Å². The number of methoxy groups -OCH3 is 1. The summed E-state index contributed by atoms with van der Waals surface area (Å²) < 4.78 is 35.7. The fourth-order valence-electron chi connectivity index (χ4n) is 4.44. The van der Waals surface area contributed by atoms with Crippen molar-refractivity contribution in [3.63, 3.8) is 0 Å². The molecule has 2 fully saturated rings. The number of hydrogen-bond acceptors (Lipinski definition) is 7. The molecule has 0 amide bonds. The van der Waals surface area contributed by atoms with Gasteiger partial charge in [0.05, 0.1) is 18.8 Å².